The SMILES string of the molecule is CCN1CC23c4c5c6c7c8c9c%10c%11c%12c%13c%14c(c%15c%16c2c2c4c4c%17c5c7c5c9c7c9c%10c%10c%12c%12c%13c%15c%13c%16c%15c2c2c4c4c%17c5c7c5c4c4c2c%15c2c%13c%12c7c%10c9c5c4c27)C32C=6C%143[C@@H](c4ccccc4[C@H]12)N(CC)CC8%113. The maximum Gasteiger partial charge on any atom is 0.0538 e. The molecule has 0 saturated carbocycles. The van der Waals surface area contributed by atoms with Crippen LogP contribution in [0.15, 0.2) is 24.3 Å². The summed E-state index contributed by atoms with van der Waals surface area (Å²) in [6.07, 6.45) is 0. The van der Waals surface area contributed by atoms with E-state index in [1.165, 1.54) is 0 Å². The van der Waals surface area contributed by atoms with Crippen LogP contribution in [0, 0.1) is 0 Å². The van der Waals surface area contributed by atoms with E-state index in [0.29, 0.717) is 0 Å². The Labute approximate surface area is 419 Å². The molecule has 6 atom stereocenters. The van der Waals surface area contributed by atoms with Crippen molar-refractivity contribution in [2.24, 2.45) is 0 Å². The summed E-state index contributed by atoms with van der Waals surface area (Å²) in [6, 6.07) is 10.9. The van der Waals surface area contributed by atoms with E-state index >= 15 is 0 Å². The molecule has 76 heavy (non-hydrogen) atoms. The zero-order valence-electron chi connectivity index (χ0n) is 40.2. The maximum absolute atomic E-state index is 3.17. The normalized spacial score (nSPS) is 29.8. The highest BCUT2D eigenvalue weighted by Crippen LogP contribution is 2.93. The summed E-state index contributed by atoms with van der Waals surface area (Å²) in [6.45, 7) is 9.51. The van der Waals surface area contributed by atoms with Crippen molar-refractivity contribution in [3.63, 3.8) is 0 Å². The molecule has 2 bridgehead atoms. The standard InChI is InChI=1S/C74H20N2/c1-3-75-9-71-62-51-41-31-21-15-13-14-19-25(21)35(41)45-37-27(19)28-20(14)26-22-16(13)18-17(15)23-29-30-24(18)34-32(22)42-36(26)46-38(28)48-47(37)57(55(45)62)66-67-58(48)56(46)63-52(42)54-44(34)40(30)50-49-39(29)43(33(23)31)53(51)64(71)59(49)61-60(50)65(54)72(63)10-76(4-2)70-12-8-6-5-7-11(12)69(75)73(66,71)68(61)74(67,70)72/h5-8,69-70H,3-4,9-10H2,1-2H3/t69-,70+,71?,72?,73?,74?. The van der Waals surface area contributed by atoms with Gasteiger partial charge in [0.15, 0.2) is 0 Å². The number of fused-ring (bicyclic) bond motifs is 3. The highest BCUT2D eigenvalue weighted by Gasteiger charge is 2.88. The smallest absolute Gasteiger partial charge is 0.0538 e. The first kappa shape index (κ1) is 29.2. The summed E-state index contributed by atoms with van der Waals surface area (Å²) in [4.78, 5) is 6.33. The molecule has 10 aliphatic rings. The molecule has 0 aromatic heterocycles. The quantitative estimate of drug-likeness (QED) is 0.159. The van der Waals surface area contributed by atoms with Gasteiger partial charge in [-0.15, -0.1) is 0 Å². The lowest BCUT2D eigenvalue weighted by molar-refractivity contribution is 0.234. The van der Waals surface area contributed by atoms with Gasteiger partial charge in [0.1, 0.15) is 0 Å². The van der Waals surface area contributed by atoms with Crippen LogP contribution in [-0.4, -0.2) is 36.0 Å². The van der Waals surface area contributed by atoms with Gasteiger partial charge in [-0.2, -0.15) is 0 Å². The monoisotopic (exact) mass is 936 g/mol. The van der Waals surface area contributed by atoms with Crippen LogP contribution in [0.2, 0.25) is 0 Å². The molecule has 0 amide bonds. The van der Waals surface area contributed by atoms with Gasteiger partial charge in [0.05, 0.1) is 21.7 Å². The third-order valence-corrected chi connectivity index (χ3v) is 29.5. The highest BCUT2D eigenvalue weighted by atomic mass is 15.3. The highest BCUT2D eigenvalue weighted by molar-refractivity contribution is 6.80. The summed E-state index contributed by atoms with van der Waals surface area (Å²) < 4.78 is 0. The predicted octanol–water partition coefficient (Wildman–Crippen LogP) is 16.5. The van der Waals surface area contributed by atoms with Gasteiger partial charge in [-0.3, -0.25) is 9.80 Å². The minimum atomic E-state index is -0.256. The van der Waals surface area contributed by atoms with E-state index in [1.54, 1.807) is 275 Å². The minimum absolute atomic E-state index is 0.219. The predicted molar refractivity (Wildman–Crippen MR) is 314 cm³/mol. The zero-order chi connectivity index (χ0) is 45.5. The number of likely N-dealkylation sites (tertiary alicyclic amines) is 2. The van der Waals surface area contributed by atoms with Gasteiger partial charge in [-0.25, -0.2) is 0 Å². The Morgan fingerprint density at radius 3 is 0.750 bits per heavy atom. The molecule has 0 N–H and O–H groups in total. The average Bonchev–Trinajstić information content (AvgIpc) is 1.77. The molecule has 4 spiro atoms. The summed E-state index contributed by atoms with van der Waals surface area (Å²) in [7, 11) is 0. The molecule has 0 radical (unpaired) electrons. The Balaban J connectivity index is 1.14. The van der Waals surface area contributed by atoms with Crippen LogP contribution in [0.3, 0.4) is 0 Å². The lowest BCUT2D eigenvalue weighted by Crippen LogP contribution is -2.59. The van der Waals surface area contributed by atoms with Crippen molar-refractivity contribution in [1.29, 1.82) is 0 Å². The van der Waals surface area contributed by atoms with Crippen LogP contribution < -0.4 is 5.22 Å². The molecule has 26 aromatic rings. The molecular weight excluding hydrogens is 917 g/mol. The van der Waals surface area contributed by atoms with Crippen molar-refractivity contribution in [3.8, 4) is 0 Å². The lowest BCUT2D eigenvalue weighted by Gasteiger charge is -2.56. The van der Waals surface area contributed by atoms with Crippen molar-refractivity contribution in [3.05, 3.63) is 74.0 Å². The van der Waals surface area contributed by atoms with Crippen molar-refractivity contribution in [2.45, 2.75) is 47.6 Å². The molecule has 8 aliphatic carbocycles. The van der Waals surface area contributed by atoms with E-state index in [0.717, 1.165) is 26.2 Å². The Kier molecular flexibility index (Phi) is 2.53. The van der Waals surface area contributed by atoms with E-state index in [2.05, 4.69) is 47.9 Å². The number of likely N-dealkylation sites (N-methyl/N-ethyl adjacent to an activating group) is 2. The number of nitrogens with zero attached hydrogens (tertiary/aromatic N) is 2. The molecule has 26 aromatic carbocycles. The van der Waals surface area contributed by atoms with Crippen LogP contribution in [0.1, 0.15) is 70.4 Å². The summed E-state index contributed by atoms with van der Waals surface area (Å²) in [5.41, 5.74) is 15.5. The van der Waals surface area contributed by atoms with Crippen molar-refractivity contribution in [1.82, 2.24) is 9.80 Å². The van der Waals surface area contributed by atoms with Gasteiger partial charge in [0.25, 0.3) is 0 Å². The van der Waals surface area contributed by atoms with Crippen LogP contribution in [0.25, 0.3) is 264 Å². The summed E-state index contributed by atoms with van der Waals surface area (Å²) in [5.74, 6) is 0. The third-order valence-electron chi connectivity index (χ3n) is 29.5. The maximum atomic E-state index is 3.17. The summed E-state index contributed by atoms with van der Waals surface area (Å²) >= 11 is 0. The largest absolute Gasteiger partial charge is 0.294 e. The first-order valence-electron chi connectivity index (χ1n) is 29.4. The molecule has 4 unspecified atom stereocenters. The molecule has 2 aliphatic heterocycles. The van der Waals surface area contributed by atoms with E-state index in [4.69, 9.17) is 0 Å². The Bertz CT molecular complexity index is 7330. The molecule has 36 rings (SSSR count). The van der Waals surface area contributed by atoms with Crippen molar-refractivity contribution >= 4 is 264 Å². The van der Waals surface area contributed by atoms with E-state index in [9.17, 15) is 0 Å². The van der Waals surface area contributed by atoms with E-state index in [-0.39, 0.29) is 33.7 Å². The number of hydrogen-bond acceptors (Lipinski definition) is 2. The van der Waals surface area contributed by atoms with Crippen LogP contribution in [0.4, 0.5) is 0 Å². The second-order valence-corrected chi connectivity index (χ2v) is 29.0. The first-order valence-corrected chi connectivity index (χ1v) is 29.4. The number of rotatable bonds is 2. The minimum Gasteiger partial charge on any atom is -0.294 e. The van der Waals surface area contributed by atoms with Crippen molar-refractivity contribution < 1.29 is 0 Å². The Hall–Kier alpha value is -8.14. The van der Waals surface area contributed by atoms with Crippen molar-refractivity contribution in [2.75, 3.05) is 26.2 Å². The molecule has 2 heterocycles. The first-order chi connectivity index (χ1) is 37.8. The van der Waals surface area contributed by atoms with Crippen LogP contribution in [0.5, 0.6) is 0 Å². The average molecular weight is 937 g/mol. The van der Waals surface area contributed by atoms with Gasteiger partial charge in [0.2, 0.25) is 0 Å². The molecule has 2 saturated heterocycles. The van der Waals surface area contributed by atoms with Gasteiger partial charge in [0, 0.05) is 25.2 Å². The van der Waals surface area contributed by atoms with Crippen LogP contribution in [-0.2, 0) is 21.7 Å². The molecule has 2 nitrogen and oxygen atoms in total. The fraction of sp³-hybridized carbons (Fsp3) is 0.162. The third kappa shape index (κ3) is 1.49. The van der Waals surface area contributed by atoms with E-state index < -0.39 is 0 Å². The van der Waals surface area contributed by atoms with E-state index in [1.807, 2.05) is 39.0 Å². The molecule has 2 heteroatoms. The zero-order valence-corrected chi connectivity index (χ0v) is 40.2. The van der Waals surface area contributed by atoms with Gasteiger partial charge < -0.3 is 0 Å². The Morgan fingerprint density at radius 1 is 0.289 bits per heavy atom. The fourth-order valence-electron chi connectivity index (χ4n) is 29.8. The number of hydrogen-bond donors (Lipinski definition) is 0. The Morgan fingerprint density at radius 2 is 0.500 bits per heavy atom. The number of benzene rings is 17. The second kappa shape index (κ2) is 6.58. The summed E-state index contributed by atoms with van der Waals surface area (Å²) in [5, 5.41) is 84.1. The fourth-order valence-corrected chi connectivity index (χ4v) is 29.8. The van der Waals surface area contributed by atoms with Gasteiger partial charge in [-0.1, -0.05) is 38.1 Å². The second-order valence-electron chi connectivity index (χ2n) is 29.0. The lowest BCUT2D eigenvalue weighted by atomic mass is 9.43. The van der Waals surface area contributed by atoms with Crippen LogP contribution >= 0.6 is 0 Å². The molecule has 2 fully saturated rings. The van der Waals surface area contributed by atoms with Gasteiger partial charge in [-0.05, 0) is 327 Å². The molecule has 326 valence electrons. The topological polar surface area (TPSA) is 6.48 Å². The molecular formula is C74H20N2. The van der Waals surface area contributed by atoms with Gasteiger partial charge >= 0.3 is 0 Å².